The van der Waals surface area contributed by atoms with E-state index in [0.29, 0.717) is 42.8 Å². The SMILES string of the molecule is N#Cc1c(CCCNC(=O)Cc2ccc3c(c2)CCCC3)nn(-c2ccc(F)cc2)c1N. The maximum absolute atomic E-state index is 13.2. The van der Waals surface area contributed by atoms with Crippen molar-refractivity contribution >= 4 is 11.7 Å². The molecule has 0 saturated carbocycles. The van der Waals surface area contributed by atoms with Gasteiger partial charge in [-0.25, -0.2) is 9.07 Å². The molecule has 32 heavy (non-hydrogen) atoms. The van der Waals surface area contributed by atoms with Crippen LogP contribution in [-0.4, -0.2) is 22.2 Å². The molecule has 0 spiro atoms. The Morgan fingerprint density at radius 1 is 1.16 bits per heavy atom. The predicted molar refractivity (Wildman–Crippen MR) is 121 cm³/mol. The Bertz CT molecular complexity index is 1160. The first kappa shape index (κ1) is 21.6. The first-order chi connectivity index (χ1) is 15.5. The molecule has 3 aromatic rings. The molecule has 0 saturated heterocycles. The average Bonchev–Trinajstić information content (AvgIpc) is 3.12. The van der Waals surface area contributed by atoms with Gasteiger partial charge in [-0.2, -0.15) is 10.4 Å². The number of hydrogen-bond donors (Lipinski definition) is 2. The topological polar surface area (TPSA) is 96.7 Å². The van der Waals surface area contributed by atoms with Crippen molar-refractivity contribution in [3.63, 3.8) is 0 Å². The van der Waals surface area contributed by atoms with Gasteiger partial charge in [0.2, 0.25) is 5.91 Å². The van der Waals surface area contributed by atoms with E-state index in [1.165, 1.54) is 40.8 Å². The summed E-state index contributed by atoms with van der Waals surface area (Å²) in [5, 5.41) is 16.9. The molecule has 0 bridgehead atoms. The molecule has 1 aliphatic rings. The number of amides is 1. The van der Waals surface area contributed by atoms with E-state index >= 15 is 0 Å². The number of nitrogen functional groups attached to an aromatic ring is 1. The van der Waals surface area contributed by atoms with Crippen LogP contribution in [0, 0.1) is 17.1 Å². The minimum atomic E-state index is -0.355. The fraction of sp³-hybridized carbons (Fsp3) is 0.320. The Hall–Kier alpha value is -3.66. The van der Waals surface area contributed by atoms with Gasteiger partial charge < -0.3 is 11.1 Å². The third-order valence-electron chi connectivity index (χ3n) is 5.87. The van der Waals surface area contributed by atoms with Gasteiger partial charge in [0.15, 0.2) is 0 Å². The van der Waals surface area contributed by atoms with E-state index < -0.39 is 0 Å². The molecule has 0 aliphatic heterocycles. The van der Waals surface area contributed by atoms with E-state index in [1.54, 1.807) is 12.1 Å². The van der Waals surface area contributed by atoms with Gasteiger partial charge in [-0.15, -0.1) is 0 Å². The lowest BCUT2D eigenvalue weighted by molar-refractivity contribution is -0.120. The number of aromatic nitrogens is 2. The second kappa shape index (κ2) is 9.65. The van der Waals surface area contributed by atoms with Crippen LogP contribution in [0.25, 0.3) is 5.69 Å². The largest absolute Gasteiger partial charge is 0.382 e. The molecule has 1 heterocycles. The van der Waals surface area contributed by atoms with Crippen LogP contribution in [0.4, 0.5) is 10.2 Å². The molecule has 0 unspecified atom stereocenters. The third-order valence-corrected chi connectivity index (χ3v) is 5.87. The molecular weight excluding hydrogens is 405 g/mol. The Morgan fingerprint density at radius 3 is 2.66 bits per heavy atom. The summed E-state index contributed by atoms with van der Waals surface area (Å²) in [5.41, 5.74) is 11.4. The van der Waals surface area contributed by atoms with Crippen LogP contribution >= 0.6 is 0 Å². The number of halogens is 1. The Morgan fingerprint density at radius 2 is 1.91 bits per heavy atom. The van der Waals surface area contributed by atoms with Crippen LogP contribution in [0.15, 0.2) is 42.5 Å². The summed E-state index contributed by atoms with van der Waals surface area (Å²) in [7, 11) is 0. The lowest BCUT2D eigenvalue weighted by Crippen LogP contribution is -2.26. The Balaban J connectivity index is 1.31. The molecule has 0 fully saturated rings. The summed E-state index contributed by atoms with van der Waals surface area (Å²) >= 11 is 0. The van der Waals surface area contributed by atoms with Gasteiger partial charge in [0, 0.05) is 6.54 Å². The highest BCUT2D eigenvalue weighted by molar-refractivity contribution is 5.78. The number of nitrogens with zero attached hydrogens (tertiary/aromatic N) is 3. The second-order valence-electron chi connectivity index (χ2n) is 8.15. The van der Waals surface area contributed by atoms with Gasteiger partial charge in [-0.1, -0.05) is 18.2 Å². The summed E-state index contributed by atoms with van der Waals surface area (Å²) in [6.07, 6.45) is 6.18. The third kappa shape index (κ3) is 4.80. The van der Waals surface area contributed by atoms with E-state index in [-0.39, 0.29) is 17.5 Å². The number of carbonyl (C=O) groups excluding carboxylic acids is 1. The highest BCUT2D eigenvalue weighted by Gasteiger charge is 2.16. The lowest BCUT2D eigenvalue weighted by atomic mass is 9.90. The number of nitriles is 1. The number of nitrogens with one attached hydrogen (secondary N) is 1. The van der Waals surface area contributed by atoms with Crippen molar-refractivity contribution in [1.82, 2.24) is 15.1 Å². The summed E-state index contributed by atoms with van der Waals surface area (Å²) in [6.45, 7) is 0.484. The van der Waals surface area contributed by atoms with E-state index in [1.807, 2.05) is 6.07 Å². The molecule has 2 aromatic carbocycles. The van der Waals surface area contributed by atoms with Gasteiger partial charge in [0.25, 0.3) is 0 Å². The van der Waals surface area contributed by atoms with Crippen molar-refractivity contribution in [3.05, 3.63) is 76.2 Å². The predicted octanol–water partition coefficient (Wildman–Crippen LogP) is 3.64. The highest BCUT2D eigenvalue weighted by Crippen LogP contribution is 2.23. The second-order valence-corrected chi connectivity index (χ2v) is 8.15. The number of anilines is 1. The van der Waals surface area contributed by atoms with Crippen molar-refractivity contribution in [2.75, 3.05) is 12.3 Å². The van der Waals surface area contributed by atoms with Crippen molar-refractivity contribution in [1.29, 1.82) is 5.26 Å². The normalized spacial score (nSPS) is 12.8. The van der Waals surface area contributed by atoms with Gasteiger partial charge in [0.05, 0.1) is 17.8 Å². The molecule has 0 atom stereocenters. The summed E-state index contributed by atoms with van der Waals surface area (Å²) < 4.78 is 14.6. The zero-order chi connectivity index (χ0) is 22.5. The molecule has 7 heteroatoms. The summed E-state index contributed by atoms with van der Waals surface area (Å²) in [6, 6.07) is 14.2. The Kier molecular flexibility index (Phi) is 6.50. The zero-order valence-electron chi connectivity index (χ0n) is 17.9. The fourth-order valence-electron chi connectivity index (χ4n) is 4.18. The molecular formula is C25H26FN5O. The molecule has 4 rings (SSSR count). The number of fused-ring (bicyclic) bond motifs is 1. The molecule has 3 N–H and O–H groups in total. The zero-order valence-corrected chi connectivity index (χ0v) is 17.9. The van der Waals surface area contributed by atoms with E-state index in [4.69, 9.17) is 5.73 Å². The van der Waals surface area contributed by atoms with E-state index in [9.17, 15) is 14.4 Å². The number of carbonyl (C=O) groups is 1. The minimum absolute atomic E-state index is 0.0161. The van der Waals surface area contributed by atoms with E-state index in [2.05, 4.69) is 28.6 Å². The van der Waals surface area contributed by atoms with Crippen LogP contribution in [0.5, 0.6) is 0 Å². The molecule has 164 valence electrons. The van der Waals surface area contributed by atoms with Gasteiger partial charge in [0.1, 0.15) is 23.3 Å². The Labute approximate surface area is 186 Å². The molecule has 6 nitrogen and oxygen atoms in total. The van der Waals surface area contributed by atoms with Crippen LogP contribution in [0.2, 0.25) is 0 Å². The number of aryl methyl sites for hydroxylation is 3. The number of nitrogens with two attached hydrogens (primary N) is 1. The molecule has 0 radical (unpaired) electrons. The minimum Gasteiger partial charge on any atom is -0.382 e. The van der Waals surface area contributed by atoms with Crippen LogP contribution < -0.4 is 11.1 Å². The number of rotatable bonds is 7. The monoisotopic (exact) mass is 431 g/mol. The molecule has 1 aliphatic carbocycles. The first-order valence-corrected chi connectivity index (χ1v) is 11.0. The molecule has 1 amide bonds. The van der Waals surface area contributed by atoms with Crippen molar-refractivity contribution < 1.29 is 9.18 Å². The van der Waals surface area contributed by atoms with Gasteiger partial charge >= 0.3 is 0 Å². The van der Waals surface area contributed by atoms with Gasteiger partial charge in [-0.05, 0) is 79.5 Å². The fourth-order valence-corrected chi connectivity index (χ4v) is 4.18. The van der Waals surface area contributed by atoms with Crippen molar-refractivity contribution in [2.45, 2.75) is 44.9 Å². The molecule has 1 aromatic heterocycles. The highest BCUT2D eigenvalue weighted by atomic mass is 19.1. The van der Waals surface area contributed by atoms with Gasteiger partial charge in [-0.3, -0.25) is 4.79 Å². The number of hydrogen-bond acceptors (Lipinski definition) is 4. The standard InChI is InChI=1S/C25H26FN5O/c26-20-9-11-21(12-10-20)31-25(28)22(16-27)23(30-31)6-3-13-29-24(32)15-17-7-8-18-4-1-2-5-19(18)14-17/h7-12,14H,1-6,13,15,28H2,(H,29,32). The maximum Gasteiger partial charge on any atom is 0.224 e. The first-order valence-electron chi connectivity index (χ1n) is 11.0. The van der Waals surface area contributed by atoms with Crippen LogP contribution in [-0.2, 0) is 30.5 Å². The van der Waals surface area contributed by atoms with Crippen molar-refractivity contribution in [2.24, 2.45) is 0 Å². The lowest BCUT2D eigenvalue weighted by Gasteiger charge is -2.16. The quantitative estimate of drug-likeness (QED) is 0.558. The number of benzene rings is 2. The van der Waals surface area contributed by atoms with Crippen LogP contribution in [0.1, 0.15) is 47.2 Å². The average molecular weight is 432 g/mol. The smallest absolute Gasteiger partial charge is 0.224 e. The summed E-state index contributed by atoms with van der Waals surface area (Å²) in [5.74, 6) is -0.144. The van der Waals surface area contributed by atoms with E-state index in [0.717, 1.165) is 18.4 Å². The van der Waals surface area contributed by atoms with Crippen LogP contribution in [0.3, 0.4) is 0 Å². The summed E-state index contributed by atoms with van der Waals surface area (Å²) in [4.78, 5) is 12.4. The van der Waals surface area contributed by atoms with Crippen molar-refractivity contribution in [3.8, 4) is 11.8 Å². The maximum atomic E-state index is 13.2.